The van der Waals surface area contributed by atoms with Gasteiger partial charge in [-0.2, -0.15) is 9.66 Å². The van der Waals surface area contributed by atoms with E-state index in [4.69, 9.17) is 11.7 Å². The lowest BCUT2D eigenvalue weighted by atomic mass is 10.1. The molecule has 0 aromatic heterocycles. The molecule has 22 heavy (non-hydrogen) atoms. The average Bonchev–Trinajstić information content (AvgIpc) is 2.55. The Morgan fingerprint density at radius 3 is 1.36 bits per heavy atom. The van der Waals surface area contributed by atoms with Crippen LogP contribution in [0.1, 0.15) is 0 Å². The third-order valence-electron chi connectivity index (χ3n) is 2.93. The molecule has 2 aromatic rings. The zero-order chi connectivity index (χ0) is 16.4. The fourth-order valence-corrected chi connectivity index (χ4v) is 3.17. The maximum absolute atomic E-state index is 11.7. The first-order valence-electron chi connectivity index (χ1n) is 5.95. The van der Waals surface area contributed by atoms with Crippen LogP contribution in [-0.2, 0) is 20.0 Å². The standard InChI is InChI=1S/C12H14N4O4S2/c13-15-21(17,18)11-5-1-3-9(7-11)10-4-2-6-12(8-10)22(19,20)16-14/h1-8,15-16H,13-14H2. The highest BCUT2D eigenvalue weighted by Gasteiger charge is 2.15. The number of hydrazine groups is 2. The molecule has 0 bridgehead atoms. The molecule has 0 aliphatic carbocycles. The molecule has 0 saturated carbocycles. The van der Waals surface area contributed by atoms with Crippen LogP contribution in [0.4, 0.5) is 0 Å². The molecule has 0 unspecified atom stereocenters. The van der Waals surface area contributed by atoms with E-state index in [1.54, 1.807) is 21.8 Å². The molecule has 10 heteroatoms. The second-order valence-electron chi connectivity index (χ2n) is 4.30. The van der Waals surface area contributed by atoms with E-state index in [0.717, 1.165) is 0 Å². The van der Waals surface area contributed by atoms with Crippen LogP contribution >= 0.6 is 0 Å². The predicted molar refractivity (Wildman–Crippen MR) is 80.9 cm³/mol. The Morgan fingerprint density at radius 2 is 1.05 bits per heavy atom. The molecule has 2 aromatic carbocycles. The van der Waals surface area contributed by atoms with Crippen LogP contribution in [-0.4, -0.2) is 16.8 Å². The van der Waals surface area contributed by atoms with E-state index >= 15 is 0 Å². The van der Waals surface area contributed by atoms with Gasteiger partial charge in [-0.05, 0) is 35.4 Å². The van der Waals surface area contributed by atoms with Crippen LogP contribution in [0.2, 0.25) is 0 Å². The van der Waals surface area contributed by atoms with Gasteiger partial charge in [0, 0.05) is 0 Å². The average molecular weight is 342 g/mol. The summed E-state index contributed by atoms with van der Waals surface area (Å²) < 4.78 is 46.8. The van der Waals surface area contributed by atoms with E-state index in [1.165, 1.54) is 36.4 Å². The molecule has 0 fully saturated rings. The normalized spacial score (nSPS) is 12.3. The van der Waals surface area contributed by atoms with Crippen LogP contribution < -0.4 is 21.3 Å². The van der Waals surface area contributed by atoms with Gasteiger partial charge in [-0.3, -0.25) is 11.7 Å². The van der Waals surface area contributed by atoms with Crippen molar-refractivity contribution in [1.82, 2.24) is 9.66 Å². The summed E-state index contributed by atoms with van der Waals surface area (Å²) in [4.78, 5) is 3.40. The minimum absolute atomic E-state index is 0.0299. The third-order valence-corrected chi connectivity index (χ3v) is 5.30. The van der Waals surface area contributed by atoms with Crippen molar-refractivity contribution in [3.8, 4) is 11.1 Å². The van der Waals surface area contributed by atoms with Crippen LogP contribution in [0.15, 0.2) is 58.3 Å². The van der Waals surface area contributed by atoms with Crippen molar-refractivity contribution in [2.75, 3.05) is 0 Å². The predicted octanol–water partition coefficient (Wildman–Crippen LogP) is -0.342. The molecular formula is C12H14N4O4S2. The van der Waals surface area contributed by atoms with Crippen molar-refractivity contribution in [2.24, 2.45) is 11.7 Å². The van der Waals surface area contributed by atoms with Crippen molar-refractivity contribution in [3.63, 3.8) is 0 Å². The molecular weight excluding hydrogens is 328 g/mol. The zero-order valence-corrected chi connectivity index (χ0v) is 12.9. The minimum Gasteiger partial charge on any atom is -0.257 e. The number of nitrogens with one attached hydrogen (secondary N) is 2. The molecule has 118 valence electrons. The highest BCUT2D eigenvalue weighted by Crippen LogP contribution is 2.24. The summed E-state index contributed by atoms with van der Waals surface area (Å²) in [6.07, 6.45) is 0. The fraction of sp³-hybridized carbons (Fsp3) is 0. The number of sulfonamides is 2. The molecule has 0 radical (unpaired) electrons. The van der Waals surface area contributed by atoms with Crippen LogP contribution in [0, 0.1) is 0 Å². The molecule has 0 heterocycles. The molecule has 0 saturated heterocycles. The molecule has 0 aliphatic rings. The SMILES string of the molecule is NNS(=O)(=O)c1cccc(-c2cccc(S(=O)(=O)NN)c2)c1. The van der Waals surface area contributed by atoms with Gasteiger partial charge in [0.1, 0.15) is 0 Å². The Kier molecular flexibility index (Phi) is 4.60. The largest absolute Gasteiger partial charge is 0.257 e. The first-order chi connectivity index (χ1) is 10.3. The smallest absolute Gasteiger partial charge is 0.253 e. The number of hydrogen-bond acceptors (Lipinski definition) is 6. The van der Waals surface area contributed by atoms with Gasteiger partial charge < -0.3 is 0 Å². The van der Waals surface area contributed by atoms with Crippen molar-refractivity contribution >= 4 is 20.0 Å². The van der Waals surface area contributed by atoms with Crippen LogP contribution in [0.5, 0.6) is 0 Å². The van der Waals surface area contributed by atoms with E-state index in [9.17, 15) is 16.8 Å². The number of nitrogens with two attached hydrogens (primary N) is 2. The third kappa shape index (κ3) is 3.32. The lowest BCUT2D eigenvalue weighted by molar-refractivity contribution is 0.582. The topological polar surface area (TPSA) is 144 Å². The second kappa shape index (κ2) is 6.12. The first kappa shape index (κ1) is 16.5. The van der Waals surface area contributed by atoms with Gasteiger partial charge >= 0.3 is 0 Å². The minimum atomic E-state index is -3.79. The Labute approximate surface area is 128 Å². The van der Waals surface area contributed by atoms with Crippen molar-refractivity contribution in [1.29, 1.82) is 0 Å². The quantitative estimate of drug-likeness (QED) is 0.432. The van der Waals surface area contributed by atoms with Gasteiger partial charge in [-0.25, -0.2) is 16.8 Å². The molecule has 8 nitrogen and oxygen atoms in total. The zero-order valence-electron chi connectivity index (χ0n) is 11.2. The molecule has 6 N–H and O–H groups in total. The molecule has 0 spiro atoms. The summed E-state index contributed by atoms with van der Waals surface area (Å²) in [7, 11) is -7.59. The van der Waals surface area contributed by atoms with Gasteiger partial charge in [-0.15, -0.1) is 0 Å². The summed E-state index contributed by atoms with van der Waals surface area (Å²) in [5.41, 5.74) is 1.04. The van der Waals surface area contributed by atoms with Gasteiger partial charge in [0.2, 0.25) is 0 Å². The van der Waals surface area contributed by atoms with Gasteiger partial charge in [-0.1, -0.05) is 24.3 Å². The second-order valence-corrected chi connectivity index (χ2v) is 7.73. The summed E-state index contributed by atoms with van der Waals surface area (Å²) >= 11 is 0. The Balaban J connectivity index is 2.55. The van der Waals surface area contributed by atoms with E-state index in [0.29, 0.717) is 11.1 Å². The molecule has 0 amide bonds. The van der Waals surface area contributed by atoms with Gasteiger partial charge in [0.25, 0.3) is 20.0 Å². The summed E-state index contributed by atoms with van der Waals surface area (Å²) in [5, 5.41) is 0. The van der Waals surface area contributed by atoms with Crippen LogP contribution in [0.3, 0.4) is 0 Å². The summed E-state index contributed by atoms with van der Waals surface area (Å²) in [6, 6.07) is 11.9. The fourth-order valence-electron chi connectivity index (χ4n) is 1.82. The molecule has 0 atom stereocenters. The van der Waals surface area contributed by atoms with Gasteiger partial charge in [0.05, 0.1) is 9.79 Å². The van der Waals surface area contributed by atoms with E-state index in [2.05, 4.69) is 0 Å². The van der Waals surface area contributed by atoms with Gasteiger partial charge in [0.15, 0.2) is 0 Å². The molecule has 2 rings (SSSR count). The summed E-state index contributed by atoms with van der Waals surface area (Å²) in [5.74, 6) is 9.97. The maximum atomic E-state index is 11.7. The van der Waals surface area contributed by atoms with Crippen molar-refractivity contribution < 1.29 is 16.8 Å². The number of benzene rings is 2. The monoisotopic (exact) mass is 342 g/mol. The van der Waals surface area contributed by atoms with Crippen molar-refractivity contribution in [2.45, 2.75) is 9.79 Å². The highest BCUT2D eigenvalue weighted by molar-refractivity contribution is 7.89. The van der Waals surface area contributed by atoms with E-state index < -0.39 is 20.0 Å². The lowest BCUT2D eigenvalue weighted by Gasteiger charge is -2.08. The highest BCUT2D eigenvalue weighted by atomic mass is 32.2. The Bertz CT molecular complexity index is 819. The molecule has 0 aliphatic heterocycles. The van der Waals surface area contributed by atoms with Crippen molar-refractivity contribution in [3.05, 3.63) is 48.5 Å². The first-order valence-corrected chi connectivity index (χ1v) is 8.92. The van der Waals surface area contributed by atoms with E-state index in [-0.39, 0.29) is 9.79 Å². The Hall–Kier alpha value is -1.82. The van der Waals surface area contributed by atoms with E-state index in [1.807, 2.05) is 0 Å². The lowest BCUT2D eigenvalue weighted by Crippen LogP contribution is -2.30. The number of rotatable bonds is 5. The Morgan fingerprint density at radius 1 is 0.682 bits per heavy atom. The summed E-state index contributed by atoms with van der Waals surface area (Å²) in [6.45, 7) is 0. The van der Waals surface area contributed by atoms with Crippen LogP contribution in [0.25, 0.3) is 11.1 Å². The number of hydrogen-bond donors (Lipinski definition) is 4. The maximum Gasteiger partial charge on any atom is 0.253 e.